The van der Waals surface area contributed by atoms with E-state index in [9.17, 15) is 35.9 Å². The minimum Gasteiger partial charge on any atom is -0.349 e. The molecule has 1 N–H and O–H groups in total. The SMILES string of the molecule is O=C(NC1CCN(CCC2CC3(C(=O)N2CC(F)(F)F)c2ccccc2-c2ccccc23)CC1)c1ccccc1-c1ccc(C(F)(F)F)cc1. The smallest absolute Gasteiger partial charge is 0.349 e. The number of alkyl halides is 6. The molecule has 1 spiro atoms. The number of hydrogen-bond donors (Lipinski definition) is 1. The number of carbonyl (C=O) groups excluding carboxylic acids is 2. The third-order valence-corrected chi connectivity index (χ3v) is 10.4. The highest BCUT2D eigenvalue weighted by atomic mass is 19.4. The fourth-order valence-corrected chi connectivity index (χ4v) is 8.06. The molecule has 4 aromatic carbocycles. The van der Waals surface area contributed by atoms with E-state index in [4.69, 9.17) is 0 Å². The average Bonchev–Trinajstić information content (AvgIpc) is 3.54. The van der Waals surface area contributed by atoms with Gasteiger partial charge in [-0.15, -0.1) is 0 Å². The lowest BCUT2D eigenvalue weighted by Gasteiger charge is -2.34. The molecule has 1 atom stereocenters. The summed E-state index contributed by atoms with van der Waals surface area (Å²) < 4.78 is 80.9. The monoisotopic (exact) mass is 691 g/mol. The molecule has 7 rings (SSSR count). The molecule has 0 aromatic heterocycles. The van der Waals surface area contributed by atoms with Gasteiger partial charge in [-0.1, -0.05) is 78.9 Å². The van der Waals surface area contributed by atoms with Crippen molar-refractivity contribution < 1.29 is 35.9 Å². The van der Waals surface area contributed by atoms with Crippen LogP contribution >= 0.6 is 0 Å². The third kappa shape index (κ3) is 6.27. The largest absolute Gasteiger partial charge is 0.416 e. The Kier molecular flexibility index (Phi) is 8.74. The van der Waals surface area contributed by atoms with Gasteiger partial charge in [-0.2, -0.15) is 26.3 Å². The first-order chi connectivity index (χ1) is 23.8. The van der Waals surface area contributed by atoms with Crippen molar-refractivity contribution in [3.8, 4) is 22.3 Å². The molecule has 3 aliphatic rings. The first-order valence-corrected chi connectivity index (χ1v) is 16.7. The van der Waals surface area contributed by atoms with Crippen LogP contribution in [0.5, 0.6) is 0 Å². The van der Waals surface area contributed by atoms with Gasteiger partial charge in [-0.05, 0) is 77.3 Å². The first-order valence-electron chi connectivity index (χ1n) is 16.7. The third-order valence-electron chi connectivity index (χ3n) is 10.4. The Morgan fingerprint density at radius 3 is 1.90 bits per heavy atom. The standard InChI is InChI=1S/C39H35F6N3O2/c40-38(41,42)24-48-28(23-37(36(48)50)33-11-5-3-8-30(33)31-9-4-6-12-34(31)37)19-22-47-20-17-27(18-21-47)46-35(49)32-10-2-1-7-29(32)25-13-15-26(16-14-25)39(43,44)45/h1-16,27-28H,17-24H2,(H,46,49). The number of nitrogens with zero attached hydrogens (tertiary/aromatic N) is 2. The molecule has 11 heteroatoms. The van der Waals surface area contributed by atoms with Crippen LogP contribution < -0.4 is 5.32 Å². The van der Waals surface area contributed by atoms with E-state index in [2.05, 4.69) is 10.2 Å². The van der Waals surface area contributed by atoms with E-state index >= 15 is 0 Å². The number of benzene rings is 4. The first kappa shape index (κ1) is 33.8. The number of carbonyl (C=O) groups is 2. The number of fused-ring (bicyclic) bond motifs is 5. The molecule has 2 aliphatic heterocycles. The van der Waals surface area contributed by atoms with E-state index in [-0.39, 0.29) is 18.4 Å². The van der Waals surface area contributed by atoms with Gasteiger partial charge in [0, 0.05) is 37.3 Å². The summed E-state index contributed by atoms with van der Waals surface area (Å²) in [6, 6.07) is 25.7. The molecule has 0 saturated carbocycles. The van der Waals surface area contributed by atoms with Crippen molar-refractivity contribution in [1.29, 1.82) is 0 Å². The lowest BCUT2D eigenvalue weighted by molar-refractivity contribution is -0.162. The Hall–Kier alpha value is -4.64. The number of likely N-dealkylation sites (tertiary alicyclic amines) is 2. The molecule has 260 valence electrons. The number of halogens is 6. The summed E-state index contributed by atoms with van der Waals surface area (Å²) in [6.07, 6.45) is -7.12. The summed E-state index contributed by atoms with van der Waals surface area (Å²) in [5.41, 5.74) is 2.74. The average molecular weight is 692 g/mol. The van der Waals surface area contributed by atoms with Gasteiger partial charge in [0.05, 0.1) is 5.56 Å². The number of nitrogens with one attached hydrogen (secondary N) is 1. The predicted molar refractivity (Wildman–Crippen MR) is 177 cm³/mol. The molecule has 2 amide bonds. The lowest BCUT2D eigenvalue weighted by Crippen LogP contribution is -2.46. The molecule has 0 bridgehead atoms. The van der Waals surface area contributed by atoms with Gasteiger partial charge in [0.25, 0.3) is 5.91 Å². The van der Waals surface area contributed by atoms with Crippen LogP contribution in [0.1, 0.15) is 52.7 Å². The second-order valence-corrected chi connectivity index (χ2v) is 13.4. The summed E-state index contributed by atoms with van der Waals surface area (Å²) in [6.45, 7) is 0.429. The van der Waals surface area contributed by atoms with Crippen LogP contribution in [0.2, 0.25) is 0 Å². The molecule has 1 aliphatic carbocycles. The van der Waals surface area contributed by atoms with Gasteiger partial charge < -0.3 is 15.1 Å². The summed E-state index contributed by atoms with van der Waals surface area (Å²) >= 11 is 0. The molecular weight excluding hydrogens is 656 g/mol. The van der Waals surface area contributed by atoms with E-state index in [0.717, 1.165) is 39.3 Å². The van der Waals surface area contributed by atoms with Crippen molar-refractivity contribution in [2.45, 2.75) is 55.5 Å². The van der Waals surface area contributed by atoms with Gasteiger partial charge in [-0.25, -0.2) is 0 Å². The minimum absolute atomic E-state index is 0.149. The number of piperidine rings is 1. The predicted octanol–water partition coefficient (Wildman–Crippen LogP) is 8.09. The molecule has 50 heavy (non-hydrogen) atoms. The van der Waals surface area contributed by atoms with Crippen LogP contribution in [0.3, 0.4) is 0 Å². The maximum Gasteiger partial charge on any atom is 0.416 e. The highest BCUT2D eigenvalue weighted by Crippen LogP contribution is 2.56. The van der Waals surface area contributed by atoms with Crippen molar-refractivity contribution in [2.75, 3.05) is 26.2 Å². The van der Waals surface area contributed by atoms with E-state index in [1.165, 1.54) is 12.1 Å². The summed E-state index contributed by atoms with van der Waals surface area (Å²) in [5.74, 6) is -0.830. The molecule has 2 saturated heterocycles. The van der Waals surface area contributed by atoms with E-state index < -0.39 is 41.8 Å². The summed E-state index contributed by atoms with van der Waals surface area (Å²) in [4.78, 5) is 30.7. The van der Waals surface area contributed by atoms with Gasteiger partial charge >= 0.3 is 12.4 Å². The molecule has 5 nitrogen and oxygen atoms in total. The quantitative estimate of drug-likeness (QED) is 0.200. The van der Waals surface area contributed by atoms with Crippen LogP contribution in [-0.2, 0) is 16.4 Å². The van der Waals surface area contributed by atoms with Gasteiger partial charge in [0.1, 0.15) is 12.0 Å². The van der Waals surface area contributed by atoms with Crippen molar-refractivity contribution in [1.82, 2.24) is 15.1 Å². The Bertz CT molecular complexity index is 1850. The summed E-state index contributed by atoms with van der Waals surface area (Å²) in [7, 11) is 0. The normalized spacial score (nSPS) is 19.1. The van der Waals surface area contributed by atoms with Crippen molar-refractivity contribution >= 4 is 11.8 Å². The minimum atomic E-state index is -4.54. The second-order valence-electron chi connectivity index (χ2n) is 13.4. The van der Waals surface area contributed by atoms with Crippen LogP contribution in [0, 0.1) is 0 Å². The summed E-state index contributed by atoms with van der Waals surface area (Å²) in [5, 5.41) is 3.07. The molecule has 1 unspecified atom stereocenters. The highest BCUT2D eigenvalue weighted by molar-refractivity contribution is 6.02. The fourth-order valence-electron chi connectivity index (χ4n) is 8.06. The van der Waals surface area contributed by atoms with Crippen LogP contribution in [0.15, 0.2) is 97.1 Å². The maximum absolute atomic E-state index is 14.2. The molecule has 4 aromatic rings. The Balaban J connectivity index is 1.01. The van der Waals surface area contributed by atoms with Gasteiger partial charge in [0.15, 0.2) is 0 Å². The fraction of sp³-hybridized carbons (Fsp3) is 0.333. The maximum atomic E-state index is 14.2. The zero-order valence-corrected chi connectivity index (χ0v) is 27.0. The van der Waals surface area contributed by atoms with E-state index in [1.807, 2.05) is 48.5 Å². The van der Waals surface area contributed by atoms with Crippen molar-refractivity contribution in [3.63, 3.8) is 0 Å². The topological polar surface area (TPSA) is 52.7 Å². The van der Waals surface area contributed by atoms with E-state index in [1.54, 1.807) is 24.3 Å². The Labute approximate surface area is 285 Å². The highest BCUT2D eigenvalue weighted by Gasteiger charge is 2.59. The molecule has 2 fully saturated rings. The zero-order valence-electron chi connectivity index (χ0n) is 27.0. The van der Waals surface area contributed by atoms with Crippen molar-refractivity contribution in [2.24, 2.45) is 0 Å². The van der Waals surface area contributed by atoms with Crippen LogP contribution in [-0.4, -0.2) is 66.1 Å². The second kappa shape index (κ2) is 12.9. The number of amides is 2. The lowest BCUT2D eigenvalue weighted by atomic mass is 9.75. The molecule has 0 radical (unpaired) electrons. The van der Waals surface area contributed by atoms with Gasteiger partial charge in [-0.3, -0.25) is 9.59 Å². The van der Waals surface area contributed by atoms with Crippen molar-refractivity contribution in [3.05, 3.63) is 119 Å². The Morgan fingerprint density at radius 2 is 1.32 bits per heavy atom. The zero-order chi connectivity index (χ0) is 35.3. The molecule has 2 heterocycles. The van der Waals surface area contributed by atoms with Gasteiger partial charge in [0.2, 0.25) is 5.91 Å². The van der Waals surface area contributed by atoms with E-state index in [0.29, 0.717) is 55.6 Å². The van der Waals surface area contributed by atoms with Crippen LogP contribution in [0.25, 0.3) is 22.3 Å². The number of hydrogen-bond acceptors (Lipinski definition) is 3. The molecular formula is C39H35F6N3O2. The van der Waals surface area contributed by atoms with Crippen LogP contribution in [0.4, 0.5) is 26.3 Å². The number of rotatable bonds is 7. The Morgan fingerprint density at radius 1 is 0.760 bits per heavy atom.